The highest BCUT2D eigenvalue weighted by atomic mass is 16.1. The standard InChI is InChI=1S/C5H11N3O/c6-8-4-1-2-7-5(9)3-4/h4,8H,1-3,6H2,(H,7,9). The van der Waals surface area contributed by atoms with Gasteiger partial charge in [-0.05, 0) is 6.42 Å². The van der Waals surface area contributed by atoms with Crippen molar-refractivity contribution in [2.24, 2.45) is 5.84 Å². The van der Waals surface area contributed by atoms with E-state index in [2.05, 4.69) is 10.7 Å². The summed E-state index contributed by atoms with van der Waals surface area (Å²) in [5, 5.41) is 2.71. The van der Waals surface area contributed by atoms with Crippen molar-refractivity contribution >= 4 is 5.91 Å². The Bertz CT molecular complexity index is 115. The van der Waals surface area contributed by atoms with Gasteiger partial charge in [-0.3, -0.25) is 16.1 Å². The largest absolute Gasteiger partial charge is 0.356 e. The van der Waals surface area contributed by atoms with E-state index in [1.165, 1.54) is 0 Å². The lowest BCUT2D eigenvalue weighted by Crippen LogP contribution is -2.45. The van der Waals surface area contributed by atoms with Crippen molar-refractivity contribution < 1.29 is 4.79 Å². The van der Waals surface area contributed by atoms with Crippen molar-refractivity contribution in [3.8, 4) is 0 Å². The van der Waals surface area contributed by atoms with Crippen LogP contribution in [-0.4, -0.2) is 18.5 Å². The molecule has 1 unspecified atom stereocenters. The minimum Gasteiger partial charge on any atom is -0.356 e. The second-order valence-corrected chi connectivity index (χ2v) is 2.21. The van der Waals surface area contributed by atoms with Crippen LogP contribution in [-0.2, 0) is 4.79 Å². The van der Waals surface area contributed by atoms with E-state index in [0.717, 1.165) is 13.0 Å². The van der Waals surface area contributed by atoms with Gasteiger partial charge in [0.05, 0.1) is 0 Å². The molecule has 1 heterocycles. The highest BCUT2D eigenvalue weighted by Crippen LogP contribution is 2.00. The van der Waals surface area contributed by atoms with Gasteiger partial charge >= 0.3 is 0 Å². The number of hydrogen-bond acceptors (Lipinski definition) is 3. The van der Waals surface area contributed by atoms with E-state index < -0.39 is 0 Å². The normalized spacial score (nSPS) is 27.7. The van der Waals surface area contributed by atoms with E-state index in [9.17, 15) is 4.79 Å². The van der Waals surface area contributed by atoms with Crippen LogP contribution in [0.3, 0.4) is 0 Å². The second-order valence-electron chi connectivity index (χ2n) is 2.21. The van der Waals surface area contributed by atoms with Crippen molar-refractivity contribution in [3.05, 3.63) is 0 Å². The number of nitrogens with one attached hydrogen (secondary N) is 2. The van der Waals surface area contributed by atoms with E-state index in [-0.39, 0.29) is 11.9 Å². The minimum atomic E-state index is 0.0872. The second kappa shape index (κ2) is 2.80. The molecule has 4 heteroatoms. The monoisotopic (exact) mass is 129 g/mol. The van der Waals surface area contributed by atoms with E-state index in [1.54, 1.807) is 0 Å². The molecule has 1 atom stereocenters. The molecule has 52 valence electrons. The van der Waals surface area contributed by atoms with Gasteiger partial charge in [-0.2, -0.15) is 0 Å². The summed E-state index contributed by atoms with van der Waals surface area (Å²) < 4.78 is 0. The molecule has 0 radical (unpaired) electrons. The maximum absolute atomic E-state index is 10.6. The lowest BCUT2D eigenvalue weighted by atomic mass is 10.1. The van der Waals surface area contributed by atoms with Gasteiger partial charge in [0.1, 0.15) is 0 Å². The smallest absolute Gasteiger partial charge is 0.221 e. The maximum atomic E-state index is 10.6. The Labute approximate surface area is 53.8 Å². The van der Waals surface area contributed by atoms with Gasteiger partial charge in [0.15, 0.2) is 0 Å². The van der Waals surface area contributed by atoms with Gasteiger partial charge < -0.3 is 5.32 Å². The zero-order valence-electron chi connectivity index (χ0n) is 5.18. The molecule has 1 rings (SSSR count). The van der Waals surface area contributed by atoms with E-state index in [1.807, 2.05) is 0 Å². The van der Waals surface area contributed by atoms with Crippen LogP contribution < -0.4 is 16.6 Å². The molecule has 0 saturated carbocycles. The summed E-state index contributed by atoms with van der Waals surface area (Å²) in [6, 6.07) is 0.179. The first-order valence-electron chi connectivity index (χ1n) is 3.06. The minimum absolute atomic E-state index is 0.0872. The van der Waals surface area contributed by atoms with Gasteiger partial charge in [0.2, 0.25) is 5.91 Å². The van der Waals surface area contributed by atoms with Gasteiger partial charge in [0, 0.05) is 19.0 Å². The van der Waals surface area contributed by atoms with Crippen molar-refractivity contribution in [2.75, 3.05) is 6.54 Å². The molecule has 1 aliphatic heterocycles. The van der Waals surface area contributed by atoms with Crippen LogP contribution >= 0.6 is 0 Å². The molecular formula is C5H11N3O. The molecule has 0 spiro atoms. The summed E-state index contributed by atoms with van der Waals surface area (Å²) >= 11 is 0. The Morgan fingerprint density at radius 1 is 1.78 bits per heavy atom. The van der Waals surface area contributed by atoms with Gasteiger partial charge in [-0.25, -0.2) is 0 Å². The highest BCUT2D eigenvalue weighted by Gasteiger charge is 2.16. The summed E-state index contributed by atoms with van der Waals surface area (Å²) in [4.78, 5) is 10.6. The third-order valence-electron chi connectivity index (χ3n) is 1.48. The molecule has 0 aromatic heterocycles. The molecule has 4 nitrogen and oxygen atoms in total. The van der Waals surface area contributed by atoms with Crippen LogP contribution in [0.4, 0.5) is 0 Å². The molecule has 1 aliphatic rings. The molecular weight excluding hydrogens is 118 g/mol. The van der Waals surface area contributed by atoms with Crippen molar-refractivity contribution in [1.29, 1.82) is 0 Å². The first-order chi connectivity index (χ1) is 4.33. The Hall–Kier alpha value is -0.610. The van der Waals surface area contributed by atoms with Gasteiger partial charge in [-0.15, -0.1) is 0 Å². The fourth-order valence-corrected chi connectivity index (χ4v) is 0.926. The van der Waals surface area contributed by atoms with Crippen LogP contribution in [0.15, 0.2) is 0 Å². The molecule has 9 heavy (non-hydrogen) atoms. The van der Waals surface area contributed by atoms with Crippen molar-refractivity contribution in [2.45, 2.75) is 18.9 Å². The van der Waals surface area contributed by atoms with Crippen LogP contribution in [0.5, 0.6) is 0 Å². The van der Waals surface area contributed by atoms with Crippen LogP contribution in [0, 0.1) is 0 Å². The van der Waals surface area contributed by atoms with E-state index >= 15 is 0 Å². The number of hydrazine groups is 1. The fraction of sp³-hybridized carbons (Fsp3) is 0.800. The molecule has 0 aliphatic carbocycles. The predicted octanol–water partition coefficient (Wildman–Crippen LogP) is -1.27. The summed E-state index contributed by atoms with van der Waals surface area (Å²) in [6.07, 6.45) is 1.44. The van der Waals surface area contributed by atoms with Crippen LogP contribution in [0.1, 0.15) is 12.8 Å². The molecule has 0 bridgehead atoms. The zero-order chi connectivity index (χ0) is 6.69. The Morgan fingerprint density at radius 3 is 3.00 bits per heavy atom. The topological polar surface area (TPSA) is 67.2 Å². The van der Waals surface area contributed by atoms with E-state index in [0.29, 0.717) is 6.42 Å². The first-order valence-corrected chi connectivity index (χ1v) is 3.06. The molecule has 1 amide bonds. The Kier molecular flexibility index (Phi) is 2.02. The first kappa shape index (κ1) is 6.51. The number of nitrogens with two attached hydrogens (primary N) is 1. The molecule has 0 aromatic rings. The van der Waals surface area contributed by atoms with Crippen molar-refractivity contribution in [1.82, 2.24) is 10.7 Å². The molecule has 1 saturated heterocycles. The number of piperidine rings is 1. The SMILES string of the molecule is NNC1CCNC(=O)C1. The third kappa shape index (κ3) is 1.65. The zero-order valence-corrected chi connectivity index (χ0v) is 5.18. The number of hydrogen-bond donors (Lipinski definition) is 3. The number of rotatable bonds is 1. The lowest BCUT2D eigenvalue weighted by molar-refractivity contribution is -0.122. The van der Waals surface area contributed by atoms with Gasteiger partial charge in [-0.1, -0.05) is 0 Å². The molecule has 4 N–H and O–H groups in total. The quantitative estimate of drug-likeness (QED) is 0.305. The summed E-state index contributed by atoms with van der Waals surface area (Å²) in [5.74, 6) is 5.22. The summed E-state index contributed by atoms with van der Waals surface area (Å²) in [6.45, 7) is 0.744. The molecule has 0 aromatic carbocycles. The summed E-state index contributed by atoms with van der Waals surface area (Å²) in [5.41, 5.74) is 2.57. The van der Waals surface area contributed by atoms with Crippen LogP contribution in [0.25, 0.3) is 0 Å². The molecule has 1 fully saturated rings. The maximum Gasteiger partial charge on any atom is 0.221 e. The number of amides is 1. The average Bonchev–Trinajstić information content (AvgIpc) is 1.88. The van der Waals surface area contributed by atoms with Crippen LogP contribution in [0.2, 0.25) is 0 Å². The third-order valence-corrected chi connectivity index (χ3v) is 1.48. The average molecular weight is 129 g/mol. The Balaban J connectivity index is 2.32. The Morgan fingerprint density at radius 2 is 2.56 bits per heavy atom. The van der Waals surface area contributed by atoms with Crippen molar-refractivity contribution in [3.63, 3.8) is 0 Å². The lowest BCUT2D eigenvalue weighted by Gasteiger charge is -2.20. The number of carbonyl (C=O) groups is 1. The number of carbonyl (C=O) groups excluding carboxylic acids is 1. The van der Waals surface area contributed by atoms with E-state index in [4.69, 9.17) is 5.84 Å². The predicted molar refractivity (Wildman–Crippen MR) is 33.4 cm³/mol. The fourth-order valence-electron chi connectivity index (χ4n) is 0.926. The van der Waals surface area contributed by atoms with Gasteiger partial charge in [0.25, 0.3) is 0 Å². The summed E-state index contributed by atoms with van der Waals surface area (Å²) in [7, 11) is 0. The highest BCUT2D eigenvalue weighted by molar-refractivity contribution is 5.77.